The zero-order valence-electron chi connectivity index (χ0n) is 29.9. The van der Waals surface area contributed by atoms with E-state index in [9.17, 15) is 29.1 Å². The Kier molecular flexibility index (Phi) is 10.2. The van der Waals surface area contributed by atoms with Crippen LogP contribution in [0.1, 0.15) is 89.0 Å². The van der Waals surface area contributed by atoms with Crippen LogP contribution in [0.2, 0.25) is 0 Å². The molecular formula is C35H52O13. The molecule has 0 unspecified atom stereocenters. The molecule has 11 atom stereocenters. The molecule has 2 saturated carbocycles. The predicted octanol–water partition coefficient (Wildman–Crippen LogP) is 3.22. The average molecular weight is 681 g/mol. The molecule has 1 heterocycles. The van der Waals surface area contributed by atoms with Crippen LogP contribution in [0, 0.1) is 29.1 Å². The highest BCUT2D eigenvalue weighted by Gasteiger charge is 2.83. The van der Waals surface area contributed by atoms with E-state index in [2.05, 4.69) is 0 Å². The Bertz CT molecular complexity index is 1340. The first-order valence-corrected chi connectivity index (χ1v) is 16.7. The molecule has 0 amide bonds. The van der Waals surface area contributed by atoms with Crippen molar-refractivity contribution in [1.82, 2.24) is 0 Å². The Morgan fingerprint density at radius 2 is 1.54 bits per heavy atom. The van der Waals surface area contributed by atoms with E-state index < -0.39 is 99.8 Å². The molecule has 270 valence electrons. The summed E-state index contributed by atoms with van der Waals surface area (Å²) in [5.41, 5.74) is -7.56. The molecule has 4 aliphatic rings. The van der Waals surface area contributed by atoms with Gasteiger partial charge in [0.15, 0.2) is 5.60 Å². The largest absolute Gasteiger partial charge is 0.461 e. The van der Waals surface area contributed by atoms with Crippen molar-refractivity contribution < 1.29 is 62.2 Å². The lowest BCUT2D eigenvalue weighted by Crippen LogP contribution is -2.64. The lowest BCUT2D eigenvalue weighted by molar-refractivity contribution is -0.239. The minimum Gasteiger partial charge on any atom is -0.461 e. The molecule has 4 rings (SSSR count). The summed E-state index contributed by atoms with van der Waals surface area (Å²) >= 11 is 0. The quantitative estimate of drug-likeness (QED) is 0.203. The second-order valence-corrected chi connectivity index (χ2v) is 15.2. The topological polar surface area (TPSA) is 170 Å². The molecule has 2 bridgehead atoms. The molecule has 1 N–H and O–H groups in total. The van der Waals surface area contributed by atoms with Crippen LogP contribution in [0.25, 0.3) is 0 Å². The van der Waals surface area contributed by atoms with Gasteiger partial charge in [0, 0.05) is 59.0 Å². The number of ether oxygens (including phenoxy) is 7. The van der Waals surface area contributed by atoms with Crippen molar-refractivity contribution in [3.63, 3.8) is 0 Å². The first-order valence-electron chi connectivity index (χ1n) is 16.7. The monoisotopic (exact) mass is 680 g/mol. The van der Waals surface area contributed by atoms with E-state index >= 15 is 0 Å². The fourth-order valence-electron chi connectivity index (χ4n) is 9.14. The average Bonchev–Trinajstić information content (AvgIpc) is 3.38. The molecule has 0 aromatic heterocycles. The molecule has 3 fully saturated rings. The van der Waals surface area contributed by atoms with E-state index in [0.717, 1.165) is 0 Å². The van der Waals surface area contributed by atoms with Crippen molar-refractivity contribution in [3.05, 3.63) is 12.2 Å². The summed E-state index contributed by atoms with van der Waals surface area (Å²) in [5, 5.41) is 12.9. The smallest absolute Gasteiger partial charge is 0.305 e. The lowest BCUT2D eigenvalue weighted by atomic mass is 9.53. The van der Waals surface area contributed by atoms with Gasteiger partial charge in [0.1, 0.15) is 35.6 Å². The second-order valence-electron chi connectivity index (χ2n) is 15.2. The summed E-state index contributed by atoms with van der Waals surface area (Å²) < 4.78 is 43.6. The Morgan fingerprint density at radius 3 is 2.06 bits per heavy atom. The zero-order chi connectivity index (χ0) is 36.2. The van der Waals surface area contributed by atoms with E-state index in [4.69, 9.17) is 33.2 Å². The highest BCUT2D eigenvalue weighted by molar-refractivity contribution is 5.70. The summed E-state index contributed by atoms with van der Waals surface area (Å²) in [6.45, 7) is 17.3. The van der Waals surface area contributed by atoms with Crippen molar-refractivity contribution in [2.24, 2.45) is 29.1 Å². The Hall–Kier alpha value is -3.03. The second kappa shape index (κ2) is 13.0. The first-order chi connectivity index (χ1) is 22.1. The Balaban J connectivity index is 2.14. The SMILES string of the molecule is CCC(=O)O[C@@H]1[C@@H]2[C@@H](OC(C)=O)[C@@]34CO[C@@](C)([C@@H](O)[C@@]2(OC(C)=O)C[C@@]1(C)OCC(C)C)[C@@H]3[C@@H](C(C)(C)OC(C)=O)C=C[C@H]4OC(C)=O. The fourth-order valence-corrected chi connectivity index (χ4v) is 9.14. The maximum absolute atomic E-state index is 13.2. The number of rotatable bonds is 10. The van der Waals surface area contributed by atoms with E-state index in [-0.39, 0.29) is 32.0 Å². The Morgan fingerprint density at radius 1 is 0.917 bits per heavy atom. The number of carbonyl (C=O) groups excluding carboxylic acids is 5. The third-order valence-corrected chi connectivity index (χ3v) is 10.6. The van der Waals surface area contributed by atoms with Gasteiger partial charge in [0.2, 0.25) is 0 Å². The van der Waals surface area contributed by atoms with Gasteiger partial charge in [0.25, 0.3) is 0 Å². The highest BCUT2D eigenvalue weighted by atomic mass is 16.6. The summed E-state index contributed by atoms with van der Waals surface area (Å²) in [7, 11) is 0. The van der Waals surface area contributed by atoms with Crippen molar-refractivity contribution in [2.45, 2.75) is 136 Å². The normalized spacial score (nSPS) is 39.9. The molecule has 13 nitrogen and oxygen atoms in total. The van der Waals surface area contributed by atoms with E-state index in [1.165, 1.54) is 27.7 Å². The third kappa shape index (κ3) is 6.15. The van der Waals surface area contributed by atoms with Crippen molar-refractivity contribution in [3.8, 4) is 0 Å². The molecule has 0 radical (unpaired) electrons. The number of esters is 5. The van der Waals surface area contributed by atoms with Crippen LogP contribution < -0.4 is 0 Å². The van der Waals surface area contributed by atoms with Gasteiger partial charge in [-0.25, -0.2) is 0 Å². The van der Waals surface area contributed by atoms with Gasteiger partial charge in [-0.1, -0.05) is 26.8 Å². The fraction of sp³-hybridized carbons (Fsp3) is 0.800. The molecular weight excluding hydrogens is 628 g/mol. The third-order valence-electron chi connectivity index (χ3n) is 10.6. The van der Waals surface area contributed by atoms with Crippen molar-refractivity contribution >= 4 is 29.8 Å². The van der Waals surface area contributed by atoms with Gasteiger partial charge in [-0.15, -0.1) is 0 Å². The van der Waals surface area contributed by atoms with Crippen LogP contribution in [0.3, 0.4) is 0 Å². The maximum Gasteiger partial charge on any atom is 0.305 e. The minimum atomic E-state index is -1.91. The molecule has 13 heteroatoms. The number of hydrogen-bond acceptors (Lipinski definition) is 13. The van der Waals surface area contributed by atoms with Crippen LogP contribution in [0.4, 0.5) is 0 Å². The Labute approximate surface area is 282 Å². The van der Waals surface area contributed by atoms with Gasteiger partial charge in [-0.2, -0.15) is 0 Å². The summed E-state index contributed by atoms with van der Waals surface area (Å²) in [4.78, 5) is 64.6. The zero-order valence-corrected chi connectivity index (χ0v) is 29.9. The summed E-state index contributed by atoms with van der Waals surface area (Å²) in [6.07, 6.45) is -2.07. The molecule has 1 saturated heterocycles. The van der Waals surface area contributed by atoms with Gasteiger partial charge < -0.3 is 38.3 Å². The number of aliphatic hydroxyl groups excluding tert-OH is 1. The number of aliphatic hydroxyl groups is 1. The van der Waals surface area contributed by atoms with Gasteiger partial charge in [-0.3, -0.25) is 24.0 Å². The summed E-state index contributed by atoms with van der Waals surface area (Å²) in [6, 6.07) is 0. The maximum atomic E-state index is 13.2. The highest BCUT2D eigenvalue weighted by Crippen LogP contribution is 2.69. The van der Waals surface area contributed by atoms with E-state index in [1.807, 2.05) is 13.8 Å². The van der Waals surface area contributed by atoms with Crippen LogP contribution in [-0.2, 0) is 57.1 Å². The van der Waals surface area contributed by atoms with E-state index in [0.29, 0.717) is 0 Å². The molecule has 48 heavy (non-hydrogen) atoms. The van der Waals surface area contributed by atoms with Gasteiger partial charge in [0.05, 0.1) is 23.5 Å². The van der Waals surface area contributed by atoms with E-state index in [1.54, 1.807) is 46.8 Å². The molecule has 1 aliphatic heterocycles. The van der Waals surface area contributed by atoms with Gasteiger partial charge in [-0.05, 0) is 39.7 Å². The van der Waals surface area contributed by atoms with Crippen LogP contribution >= 0.6 is 0 Å². The molecule has 0 spiro atoms. The lowest BCUT2D eigenvalue weighted by Gasteiger charge is -2.53. The number of fused-ring (bicyclic) bond motifs is 1. The number of carbonyl (C=O) groups is 5. The molecule has 0 aromatic rings. The van der Waals surface area contributed by atoms with Crippen LogP contribution in [-0.4, -0.2) is 95.0 Å². The number of hydrogen-bond donors (Lipinski definition) is 1. The van der Waals surface area contributed by atoms with Crippen molar-refractivity contribution in [1.29, 1.82) is 0 Å². The first kappa shape index (κ1) is 37.8. The minimum absolute atomic E-state index is 0.00309. The summed E-state index contributed by atoms with van der Waals surface area (Å²) in [5.74, 6) is -6.01. The van der Waals surface area contributed by atoms with Crippen LogP contribution in [0.5, 0.6) is 0 Å². The van der Waals surface area contributed by atoms with Crippen molar-refractivity contribution in [2.75, 3.05) is 13.2 Å². The van der Waals surface area contributed by atoms with Gasteiger partial charge >= 0.3 is 29.8 Å². The van der Waals surface area contributed by atoms with Crippen LogP contribution in [0.15, 0.2) is 12.2 Å². The molecule has 3 aliphatic carbocycles. The molecule has 0 aromatic carbocycles. The predicted molar refractivity (Wildman–Crippen MR) is 168 cm³/mol. The standard InChI is InChI=1S/C35H52O13/c1-12-25(40)46-28-26-29(45-20(5)37)34-17-43-33(11,30(41)35(26,48-22(7)39)16-32(28,10)42-15-18(2)3)27(34)23(31(8,9)47-21(6)38)13-14-24(34)44-19(4)36/h13-14,18,23-24,26-30,41H,12,15-17H2,1-11H3/t23-,24+,26+,27-,28+,29+,30+,32+,33+,34+,35+/m0/s1.